The molecule has 5 nitrogen and oxygen atoms in total. The molecule has 0 saturated heterocycles. The zero-order valence-corrected chi connectivity index (χ0v) is 16.4. The highest BCUT2D eigenvalue weighted by molar-refractivity contribution is 7.87. The summed E-state index contributed by atoms with van der Waals surface area (Å²) in [6.07, 6.45) is -4.77. The Kier molecular flexibility index (Phi) is 4.77. The molecule has 1 heterocycles. The number of aryl methyl sites for hydroxylation is 1. The van der Waals surface area contributed by atoms with Crippen LogP contribution >= 0.6 is 0 Å². The second-order valence-corrected chi connectivity index (χ2v) is 8.14. The standard InChI is InChI=1S/C21H15F3N2O3S/c1-14-9-11-16(12-10-14)26-20(13-19(25-26)21(22,23)24)29-30(27,28)18-8-4-6-15-5-2-3-7-17(15)18/h2-13H,1H3. The van der Waals surface area contributed by atoms with Crippen LogP contribution < -0.4 is 4.18 Å². The lowest BCUT2D eigenvalue weighted by molar-refractivity contribution is -0.141. The topological polar surface area (TPSA) is 61.2 Å². The van der Waals surface area contributed by atoms with Crippen molar-refractivity contribution < 1.29 is 25.8 Å². The van der Waals surface area contributed by atoms with Gasteiger partial charge in [-0.2, -0.15) is 31.4 Å². The minimum Gasteiger partial charge on any atom is -0.358 e. The highest BCUT2D eigenvalue weighted by Crippen LogP contribution is 2.34. The fourth-order valence-electron chi connectivity index (χ4n) is 3.00. The number of nitrogens with zero attached hydrogens (tertiary/aromatic N) is 2. The Balaban J connectivity index is 1.83. The first kappa shape index (κ1) is 20.0. The molecule has 154 valence electrons. The van der Waals surface area contributed by atoms with Crippen LogP contribution in [0.5, 0.6) is 5.88 Å². The van der Waals surface area contributed by atoms with Gasteiger partial charge in [0, 0.05) is 11.5 Å². The van der Waals surface area contributed by atoms with E-state index in [0.29, 0.717) is 16.8 Å². The third kappa shape index (κ3) is 3.76. The van der Waals surface area contributed by atoms with Crippen molar-refractivity contribution in [2.24, 2.45) is 0 Å². The number of hydrogen-bond acceptors (Lipinski definition) is 4. The van der Waals surface area contributed by atoms with Crippen LogP contribution in [-0.2, 0) is 16.3 Å². The largest absolute Gasteiger partial charge is 0.435 e. The van der Waals surface area contributed by atoms with Gasteiger partial charge < -0.3 is 4.18 Å². The van der Waals surface area contributed by atoms with Gasteiger partial charge in [-0.3, -0.25) is 0 Å². The van der Waals surface area contributed by atoms with Crippen LogP contribution in [0.1, 0.15) is 11.3 Å². The molecular weight excluding hydrogens is 417 g/mol. The molecule has 9 heteroatoms. The molecule has 0 aliphatic carbocycles. The monoisotopic (exact) mass is 432 g/mol. The number of benzene rings is 3. The van der Waals surface area contributed by atoms with Crippen LogP contribution in [0, 0.1) is 6.92 Å². The van der Waals surface area contributed by atoms with Crippen molar-refractivity contribution in [3.63, 3.8) is 0 Å². The summed E-state index contributed by atoms with van der Waals surface area (Å²) in [5.74, 6) is -0.556. The molecule has 0 aliphatic heterocycles. The molecule has 30 heavy (non-hydrogen) atoms. The van der Waals surface area contributed by atoms with Crippen LogP contribution in [0.4, 0.5) is 13.2 Å². The minimum absolute atomic E-state index is 0.147. The molecule has 3 aromatic carbocycles. The zero-order valence-electron chi connectivity index (χ0n) is 15.6. The first-order chi connectivity index (χ1) is 14.1. The van der Waals surface area contributed by atoms with Gasteiger partial charge in [0.05, 0.1) is 5.69 Å². The maximum absolute atomic E-state index is 13.2. The summed E-state index contributed by atoms with van der Waals surface area (Å²) >= 11 is 0. The minimum atomic E-state index is -4.77. The molecule has 0 unspecified atom stereocenters. The van der Waals surface area contributed by atoms with Crippen molar-refractivity contribution in [3.05, 3.63) is 84.1 Å². The first-order valence-electron chi connectivity index (χ1n) is 8.82. The summed E-state index contributed by atoms with van der Waals surface area (Å²) in [5, 5.41) is 4.58. The third-order valence-corrected chi connectivity index (χ3v) is 5.74. The molecule has 4 rings (SSSR count). The molecule has 4 aromatic rings. The molecule has 1 aromatic heterocycles. The normalized spacial score (nSPS) is 12.3. The molecule has 0 atom stereocenters. The summed E-state index contributed by atoms with van der Waals surface area (Å²) in [5.41, 5.74) is -0.141. The SMILES string of the molecule is Cc1ccc(-n2nc(C(F)(F)F)cc2OS(=O)(=O)c2cccc3ccccc23)cc1. The van der Waals surface area contributed by atoms with Gasteiger partial charge in [-0.15, -0.1) is 0 Å². The lowest BCUT2D eigenvalue weighted by atomic mass is 10.1. The quantitative estimate of drug-likeness (QED) is 0.420. The Hall–Kier alpha value is -3.33. The van der Waals surface area contributed by atoms with Gasteiger partial charge in [0.1, 0.15) is 4.90 Å². The molecular formula is C21H15F3N2O3S. The van der Waals surface area contributed by atoms with E-state index in [9.17, 15) is 21.6 Å². The zero-order chi connectivity index (χ0) is 21.5. The highest BCUT2D eigenvalue weighted by atomic mass is 32.2. The summed E-state index contributed by atoms with van der Waals surface area (Å²) in [6.45, 7) is 1.82. The Bertz CT molecular complexity index is 1320. The number of halogens is 3. The van der Waals surface area contributed by atoms with E-state index in [0.717, 1.165) is 10.2 Å². The van der Waals surface area contributed by atoms with E-state index in [1.54, 1.807) is 42.5 Å². The van der Waals surface area contributed by atoms with Crippen LogP contribution in [0.2, 0.25) is 0 Å². The van der Waals surface area contributed by atoms with Crippen molar-refractivity contribution in [3.8, 4) is 11.6 Å². The maximum atomic E-state index is 13.2. The Morgan fingerprint density at radius 3 is 2.30 bits per heavy atom. The average Bonchev–Trinajstić information content (AvgIpc) is 3.11. The average molecular weight is 432 g/mol. The Morgan fingerprint density at radius 1 is 0.933 bits per heavy atom. The van der Waals surface area contributed by atoms with Crippen LogP contribution in [0.15, 0.2) is 77.7 Å². The van der Waals surface area contributed by atoms with Crippen molar-refractivity contribution in [2.45, 2.75) is 18.0 Å². The second-order valence-electron chi connectivity index (χ2n) is 6.63. The van der Waals surface area contributed by atoms with Crippen molar-refractivity contribution >= 4 is 20.9 Å². The van der Waals surface area contributed by atoms with E-state index in [4.69, 9.17) is 4.18 Å². The Morgan fingerprint density at radius 2 is 1.60 bits per heavy atom. The van der Waals surface area contributed by atoms with Crippen molar-refractivity contribution in [2.75, 3.05) is 0 Å². The van der Waals surface area contributed by atoms with Crippen LogP contribution in [0.25, 0.3) is 16.5 Å². The van der Waals surface area contributed by atoms with Crippen molar-refractivity contribution in [1.82, 2.24) is 9.78 Å². The van der Waals surface area contributed by atoms with Gasteiger partial charge >= 0.3 is 16.3 Å². The maximum Gasteiger partial charge on any atom is 0.435 e. The second kappa shape index (κ2) is 7.17. The predicted octanol–water partition coefficient (Wildman–Crippen LogP) is 5.12. The summed E-state index contributed by atoms with van der Waals surface area (Å²) in [6, 6.07) is 18.3. The highest BCUT2D eigenvalue weighted by Gasteiger charge is 2.36. The summed E-state index contributed by atoms with van der Waals surface area (Å²) in [4.78, 5) is -0.147. The predicted molar refractivity (Wildman–Crippen MR) is 105 cm³/mol. The van der Waals surface area contributed by atoms with Crippen LogP contribution in [-0.4, -0.2) is 18.2 Å². The molecule has 0 spiro atoms. The lowest BCUT2D eigenvalue weighted by Crippen LogP contribution is -2.13. The van der Waals surface area contributed by atoms with Gasteiger partial charge in [-0.25, -0.2) is 0 Å². The van der Waals surface area contributed by atoms with E-state index in [-0.39, 0.29) is 10.6 Å². The van der Waals surface area contributed by atoms with E-state index < -0.39 is 27.9 Å². The Labute approximate surface area is 170 Å². The van der Waals surface area contributed by atoms with Gasteiger partial charge in [0.2, 0.25) is 5.88 Å². The van der Waals surface area contributed by atoms with E-state index in [1.807, 2.05) is 6.92 Å². The van der Waals surface area contributed by atoms with Crippen LogP contribution in [0.3, 0.4) is 0 Å². The number of rotatable bonds is 4. The molecule has 0 N–H and O–H groups in total. The molecule has 0 fully saturated rings. The molecule has 0 radical (unpaired) electrons. The van der Waals surface area contributed by atoms with Crippen molar-refractivity contribution in [1.29, 1.82) is 0 Å². The third-order valence-electron chi connectivity index (χ3n) is 4.46. The number of aromatic nitrogens is 2. The fourth-order valence-corrected chi connectivity index (χ4v) is 4.14. The first-order valence-corrected chi connectivity index (χ1v) is 10.2. The molecule has 0 aliphatic rings. The van der Waals surface area contributed by atoms with E-state index in [1.165, 1.54) is 24.3 Å². The van der Waals surface area contributed by atoms with Gasteiger partial charge in [-0.1, -0.05) is 54.1 Å². The number of fused-ring (bicyclic) bond motifs is 1. The van der Waals surface area contributed by atoms with E-state index >= 15 is 0 Å². The van der Waals surface area contributed by atoms with Gasteiger partial charge in [0.25, 0.3) is 0 Å². The molecule has 0 amide bonds. The number of hydrogen-bond donors (Lipinski definition) is 0. The van der Waals surface area contributed by atoms with Gasteiger partial charge in [0.15, 0.2) is 5.69 Å². The summed E-state index contributed by atoms with van der Waals surface area (Å²) < 4.78 is 71.7. The molecule has 0 saturated carbocycles. The molecule has 0 bridgehead atoms. The lowest BCUT2D eigenvalue weighted by Gasteiger charge is -2.11. The number of alkyl halides is 3. The van der Waals surface area contributed by atoms with E-state index in [2.05, 4.69) is 5.10 Å². The fraction of sp³-hybridized carbons (Fsp3) is 0.0952. The van der Waals surface area contributed by atoms with Gasteiger partial charge in [-0.05, 0) is 30.5 Å². The summed E-state index contributed by atoms with van der Waals surface area (Å²) in [7, 11) is -4.44. The smallest absolute Gasteiger partial charge is 0.358 e.